The number of hydrogen-bond donors (Lipinski definition) is 2. The number of benzene rings is 1. The molecule has 0 saturated carbocycles. The molecule has 3 nitrogen and oxygen atoms in total. The topological polar surface area (TPSA) is 41.1 Å². The first-order valence-corrected chi connectivity index (χ1v) is 6.29. The number of carbonyl (C=O) groups is 1. The molecule has 5 heteroatoms. The van der Waals surface area contributed by atoms with Gasteiger partial charge in [0.05, 0.1) is 6.04 Å². The molecule has 94 valence electrons. The Kier molecular flexibility index (Phi) is 5.58. The Labute approximate surface area is 109 Å². The number of carbonyl (C=O) groups excluding carboxylic acids is 1. The Balaban J connectivity index is 2.52. The minimum atomic E-state index is -0.280. The van der Waals surface area contributed by atoms with Crippen LogP contribution in [0.5, 0.6) is 0 Å². The van der Waals surface area contributed by atoms with Crippen molar-refractivity contribution >= 4 is 21.8 Å². The number of likely N-dealkylation sites (N-methyl/N-ethyl adjacent to an activating group) is 1. The van der Waals surface area contributed by atoms with Gasteiger partial charge in [-0.15, -0.1) is 0 Å². The van der Waals surface area contributed by atoms with Gasteiger partial charge in [0.2, 0.25) is 5.91 Å². The number of rotatable bonds is 5. The smallest absolute Gasteiger partial charge is 0.236 e. The second kappa shape index (κ2) is 6.71. The van der Waals surface area contributed by atoms with Crippen molar-refractivity contribution in [3.05, 3.63) is 34.1 Å². The molecule has 0 radical (unpaired) electrons. The van der Waals surface area contributed by atoms with Gasteiger partial charge in [0, 0.05) is 17.6 Å². The van der Waals surface area contributed by atoms with Crippen LogP contribution in [-0.4, -0.2) is 18.5 Å². The molecule has 0 saturated heterocycles. The third kappa shape index (κ3) is 4.44. The van der Waals surface area contributed by atoms with Gasteiger partial charge >= 0.3 is 0 Å². The summed E-state index contributed by atoms with van der Waals surface area (Å²) in [5.41, 5.74) is 0.919. The zero-order valence-corrected chi connectivity index (χ0v) is 11.5. The molecular weight excluding hydrogens is 287 g/mol. The third-order valence-corrected chi connectivity index (χ3v) is 3.10. The van der Waals surface area contributed by atoms with Crippen molar-refractivity contribution in [3.8, 4) is 0 Å². The standard InChI is InChI=1S/C12H16BrFN2O/c1-3-15-12(17)8(2)16-7-9-4-5-10(14)6-11(9)13/h4-6,8,16H,3,7H2,1-2H3,(H,15,17). The number of hydrogen-bond acceptors (Lipinski definition) is 2. The van der Waals surface area contributed by atoms with Crippen LogP contribution in [0.25, 0.3) is 0 Å². The highest BCUT2D eigenvalue weighted by Crippen LogP contribution is 2.17. The molecule has 0 aliphatic heterocycles. The van der Waals surface area contributed by atoms with Crippen LogP contribution in [0.15, 0.2) is 22.7 Å². The van der Waals surface area contributed by atoms with Gasteiger partial charge in [-0.25, -0.2) is 4.39 Å². The van der Waals surface area contributed by atoms with E-state index in [1.807, 2.05) is 6.92 Å². The Bertz CT molecular complexity index is 398. The molecule has 0 heterocycles. The van der Waals surface area contributed by atoms with Crippen LogP contribution < -0.4 is 10.6 Å². The molecule has 1 amide bonds. The fourth-order valence-electron chi connectivity index (χ4n) is 1.35. The van der Waals surface area contributed by atoms with E-state index in [1.165, 1.54) is 12.1 Å². The van der Waals surface area contributed by atoms with Crippen molar-refractivity contribution in [3.63, 3.8) is 0 Å². The highest BCUT2D eigenvalue weighted by molar-refractivity contribution is 9.10. The summed E-state index contributed by atoms with van der Waals surface area (Å²) < 4.78 is 13.6. The van der Waals surface area contributed by atoms with Crippen LogP contribution in [0.1, 0.15) is 19.4 Å². The molecule has 2 N–H and O–H groups in total. The summed E-state index contributed by atoms with van der Waals surface area (Å²) in [6, 6.07) is 4.23. The van der Waals surface area contributed by atoms with E-state index in [0.717, 1.165) is 5.56 Å². The van der Waals surface area contributed by atoms with Crippen molar-refractivity contribution in [2.45, 2.75) is 26.4 Å². The molecule has 0 bridgehead atoms. The fourth-order valence-corrected chi connectivity index (χ4v) is 1.84. The Morgan fingerprint density at radius 1 is 1.53 bits per heavy atom. The average Bonchev–Trinajstić information content (AvgIpc) is 2.27. The predicted octanol–water partition coefficient (Wildman–Crippen LogP) is 2.20. The second-order valence-corrected chi connectivity index (χ2v) is 4.59. The normalized spacial score (nSPS) is 12.2. The summed E-state index contributed by atoms with van der Waals surface area (Å²) in [7, 11) is 0. The Morgan fingerprint density at radius 2 is 2.24 bits per heavy atom. The lowest BCUT2D eigenvalue weighted by atomic mass is 10.2. The van der Waals surface area contributed by atoms with E-state index in [0.29, 0.717) is 17.6 Å². The van der Waals surface area contributed by atoms with Crippen molar-refractivity contribution < 1.29 is 9.18 Å². The predicted molar refractivity (Wildman–Crippen MR) is 69.1 cm³/mol. The number of nitrogens with one attached hydrogen (secondary N) is 2. The monoisotopic (exact) mass is 302 g/mol. The van der Waals surface area contributed by atoms with Crippen LogP contribution in [0.3, 0.4) is 0 Å². The zero-order valence-electron chi connectivity index (χ0n) is 9.89. The minimum Gasteiger partial charge on any atom is -0.355 e. The third-order valence-electron chi connectivity index (χ3n) is 2.36. The molecular formula is C12H16BrFN2O. The maximum absolute atomic E-state index is 12.9. The van der Waals surface area contributed by atoms with Crippen LogP contribution in [-0.2, 0) is 11.3 Å². The molecule has 1 rings (SSSR count). The molecule has 1 aromatic rings. The van der Waals surface area contributed by atoms with E-state index in [-0.39, 0.29) is 17.8 Å². The Morgan fingerprint density at radius 3 is 2.82 bits per heavy atom. The lowest BCUT2D eigenvalue weighted by Crippen LogP contribution is -2.41. The van der Waals surface area contributed by atoms with E-state index in [1.54, 1.807) is 13.0 Å². The summed E-state index contributed by atoms with van der Waals surface area (Å²) in [4.78, 5) is 11.5. The molecule has 0 aromatic heterocycles. The maximum atomic E-state index is 12.9. The Hall–Kier alpha value is -0.940. The van der Waals surface area contributed by atoms with Gasteiger partial charge in [0.15, 0.2) is 0 Å². The van der Waals surface area contributed by atoms with Crippen LogP contribution in [0, 0.1) is 5.82 Å². The van der Waals surface area contributed by atoms with Gasteiger partial charge in [0.25, 0.3) is 0 Å². The van der Waals surface area contributed by atoms with E-state index in [9.17, 15) is 9.18 Å². The molecule has 0 aliphatic rings. The van der Waals surface area contributed by atoms with Crippen LogP contribution in [0.2, 0.25) is 0 Å². The lowest BCUT2D eigenvalue weighted by Gasteiger charge is -2.14. The van der Waals surface area contributed by atoms with E-state index in [4.69, 9.17) is 0 Å². The first-order chi connectivity index (χ1) is 8.04. The second-order valence-electron chi connectivity index (χ2n) is 3.73. The summed E-state index contributed by atoms with van der Waals surface area (Å²) in [6.07, 6.45) is 0. The molecule has 17 heavy (non-hydrogen) atoms. The van der Waals surface area contributed by atoms with Crippen molar-refractivity contribution in [2.24, 2.45) is 0 Å². The van der Waals surface area contributed by atoms with E-state index in [2.05, 4.69) is 26.6 Å². The summed E-state index contributed by atoms with van der Waals surface area (Å²) >= 11 is 3.28. The number of halogens is 2. The summed E-state index contributed by atoms with van der Waals surface area (Å²) in [6.45, 7) is 4.80. The molecule has 1 atom stereocenters. The van der Waals surface area contributed by atoms with Gasteiger partial charge in [-0.1, -0.05) is 22.0 Å². The average molecular weight is 303 g/mol. The first kappa shape index (κ1) is 14.1. The minimum absolute atomic E-state index is 0.0364. The van der Waals surface area contributed by atoms with E-state index < -0.39 is 0 Å². The largest absolute Gasteiger partial charge is 0.355 e. The molecule has 0 fully saturated rings. The van der Waals surface area contributed by atoms with Crippen LogP contribution >= 0.6 is 15.9 Å². The first-order valence-electron chi connectivity index (χ1n) is 5.49. The maximum Gasteiger partial charge on any atom is 0.236 e. The number of amides is 1. The summed E-state index contributed by atoms with van der Waals surface area (Å²) in [5, 5.41) is 5.81. The summed E-state index contributed by atoms with van der Waals surface area (Å²) in [5.74, 6) is -0.317. The SMILES string of the molecule is CCNC(=O)C(C)NCc1ccc(F)cc1Br. The molecule has 0 aliphatic carbocycles. The quantitative estimate of drug-likeness (QED) is 0.875. The van der Waals surface area contributed by atoms with Gasteiger partial charge < -0.3 is 10.6 Å². The van der Waals surface area contributed by atoms with Gasteiger partial charge in [-0.05, 0) is 31.5 Å². The molecule has 1 unspecified atom stereocenters. The molecule has 0 spiro atoms. The van der Waals surface area contributed by atoms with Gasteiger partial charge in [-0.2, -0.15) is 0 Å². The molecule has 1 aromatic carbocycles. The highest BCUT2D eigenvalue weighted by atomic mass is 79.9. The van der Waals surface area contributed by atoms with Crippen molar-refractivity contribution in [2.75, 3.05) is 6.54 Å². The van der Waals surface area contributed by atoms with E-state index >= 15 is 0 Å². The van der Waals surface area contributed by atoms with Gasteiger partial charge in [-0.3, -0.25) is 4.79 Å². The van der Waals surface area contributed by atoms with Crippen molar-refractivity contribution in [1.82, 2.24) is 10.6 Å². The lowest BCUT2D eigenvalue weighted by molar-refractivity contribution is -0.122. The zero-order chi connectivity index (χ0) is 12.8. The van der Waals surface area contributed by atoms with Crippen molar-refractivity contribution in [1.29, 1.82) is 0 Å². The van der Waals surface area contributed by atoms with Gasteiger partial charge in [0.1, 0.15) is 5.82 Å². The van der Waals surface area contributed by atoms with Crippen LogP contribution in [0.4, 0.5) is 4.39 Å². The fraction of sp³-hybridized carbons (Fsp3) is 0.417. The highest BCUT2D eigenvalue weighted by Gasteiger charge is 2.11.